The molecule has 2 N–H and O–H groups in total. The van der Waals surface area contributed by atoms with Gasteiger partial charge < -0.3 is 15.1 Å². The molecule has 3 fully saturated rings. The summed E-state index contributed by atoms with van der Waals surface area (Å²) >= 11 is 0. The molecule has 1 atom stereocenters. The van der Waals surface area contributed by atoms with Crippen molar-refractivity contribution in [3.05, 3.63) is 29.3 Å². The second kappa shape index (κ2) is 9.19. The molecule has 4 heterocycles. The number of nitrogens with zero attached hydrogens (tertiary/aromatic N) is 3. The lowest BCUT2D eigenvalue weighted by atomic mass is 9.94. The summed E-state index contributed by atoms with van der Waals surface area (Å²) in [5.41, 5.74) is 2.81. The Hall–Kier alpha value is -2.45. The summed E-state index contributed by atoms with van der Waals surface area (Å²) in [4.78, 5) is 43.2. The van der Waals surface area contributed by atoms with Crippen molar-refractivity contribution in [2.75, 3.05) is 50.7 Å². The molecular formula is C24H33N5O3. The van der Waals surface area contributed by atoms with E-state index in [1.165, 1.54) is 38.9 Å². The number of hydrogen-bond donors (Lipinski definition) is 2. The van der Waals surface area contributed by atoms with E-state index in [2.05, 4.69) is 26.5 Å². The van der Waals surface area contributed by atoms with Gasteiger partial charge in [-0.05, 0) is 75.0 Å². The van der Waals surface area contributed by atoms with Crippen molar-refractivity contribution in [3.63, 3.8) is 0 Å². The summed E-state index contributed by atoms with van der Waals surface area (Å²) in [6.45, 7) is 8.10. The quantitative estimate of drug-likeness (QED) is 0.665. The van der Waals surface area contributed by atoms with Crippen LogP contribution in [0.5, 0.6) is 0 Å². The topological polar surface area (TPSA) is 85.0 Å². The third kappa shape index (κ3) is 4.38. The fourth-order valence-corrected chi connectivity index (χ4v) is 5.52. The van der Waals surface area contributed by atoms with E-state index >= 15 is 0 Å². The molecule has 4 aliphatic rings. The van der Waals surface area contributed by atoms with Crippen LogP contribution in [0.4, 0.5) is 5.69 Å². The molecule has 0 unspecified atom stereocenters. The van der Waals surface area contributed by atoms with Gasteiger partial charge in [-0.25, -0.2) is 0 Å². The van der Waals surface area contributed by atoms with Gasteiger partial charge in [0.1, 0.15) is 6.04 Å². The van der Waals surface area contributed by atoms with E-state index in [1.54, 1.807) is 4.90 Å². The lowest BCUT2D eigenvalue weighted by Gasteiger charge is -2.37. The molecule has 0 aliphatic carbocycles. The first kappa shape index (κ1) is 21.4. The Morgan fingerprint density at radius 3 is 2.50 bits per heavy atom. The number of hydrogen-bond acceptors (Lipinski definition) is 6. The first-order valence-electron chi connectivity index (χ1n) is 12.0. The maximum Gasteiger partial charge on any atom is 0.255 e. The van der Waals surface area contributed by atoms with Crippen LogP contribution in [0.15, 0.2) is 18.2 Å². The standard InChI is InChI=1S/C24H33N5O3/c30-22-4-3-21(23(31)26-22)29-16-18-15-19(1-2-20(18)24(29)32)28-13-11-27(12-14-28)10-7-17-5-8-25-9-6-17/h1-2,15,17,21,25H,3-14,16H2,(H,26,30,31)/t21-/m0/s1. The number of nitrogens with one attached hydrogen (secondary N) is 2. The second-order valence-corrected chi connectivity index (χ2v) is 9.55. The van der Waals surface area contributed by atoms with Crippen molar-refractivity contribution in [1.29, 1.82) is 0 Å². The molecule has 0 aromatic heterocycles. The zero-order valence-electron chi connectivity index (χ0n) is 18.6. The average Bonchev–Trinajstić information content (AvgIpc) is 3.14. The Labute approximate surface area is 189 Å². The first-order valence-corrected chi connectivity index (χ1v) is 12.0. The Kier molecular flexibility index (Phi) is 6.15. The van der Waals surface area contributed by atoms with Crippen LogP contribution in [0, 0.1) is 5.92 Å². The molecule has 32 heavy (non-hydrogen) atoms. The lowest BCUT2D eigenvalue weighted by molar-refractivity contribution is -0.136. The number of rotatable bonds is 5. The molecule has 172 valence electrons. The minimum absolute atomic E-state index is 0.108. The van der Waals surface area contributed by atoms with Crippen LogP contribution in [0.3, 0.4) is 0 Å². The molecule has 1 aromatic carbocycles. The van der Waals surface area contributed by atoms with Gasteiger partial charge in [-0.2, -0.15) is 0 Å². The normalized spacial score (nSPS) is 25.2. The highest BCUT2D eigenvalue weighted by Crippen LogP contribution is 2.31. The van der Waals surface area contributed by atoms with Crippen LogP contribution in [-0.2, 0) is 16.1 Å². The van der Waals surface area contributed by atoms with Crippen molar-refractivity contribution in [2.24, 2.45) is 5.92 Å². The molecule has 0 spiro atoms. The molecule has 3 saturated heterocycles. The van der Waals surface area contributed by atoms with Crippen molar-refractivity contribution in [3.8, 4) is 0 Å². The maximum atomic E-state index is 12.9. The fraction of sp³-hybridized carbons (Fsp3) is 0.625. The van der Waals surface area contributed by atoms with Gasteiger partial charge in [0.2, 0.25) is 11.8 Å². The fourth-order valence-electron chi connectivity index (χ4n) is 5.52. The Morgan fingerprint density at radius 2 is 1.75 bits per heavy atom. The van der Waals surface area contributed by atoms with Gasteiger partial charge in [0.25, 0.3) is 5.91 Å². The zero-order chi connectivity index (χ0) is 22.1. The van der Waals surface area contributed by atoms with E-state index in [1.807, 2.05) is 12.1 Å². The number of anilines is 1. The van der Waals surface area contributed by atoms with Crippen molar-refractivity contribution in [2.45, 2.75) is 44.7 Å². The minimum atomic E-state index is -0.556. The average molecular weight is 440 g/mol. The number of amides is 3. The molecule has 4 aliphatic heterocycles. The van der Waals surface area contributed by atoms with Gasteiger partial charge in [-0.1, -0.05) is 0 Å². The number of carbonyl (C=O) groups is 3. The zero-order valence-corrected chi connectivity index (χ0v) is 18.6. The number of carbonyl (C=O) groups excluding carboxylic acids is 3. The molecule has 8 heteroatoms. The highest BCUT2D eigenvalue weighted by Gasteiger charge is 2.39. The van der Waals surface area contributed by atoms with Gasteiger partial charge in [-0.15, -0.1) is 0 Å². The van der Waals surface area contributed by atoms with Crippen molar-refractivity contribution < 1.29 is 14.4 Å². The highest BCUT2D eigenvalue weighted by molar-refractivity contribution is 6.05. The van der Waals surface area contributed by atoms with Gasteiger partial charge in [0, 0.05) is 50.4 Å². The predicted octanol–water partition coefficient (Wildman–Crippen LogP) is 0.959. The predicted molar refractivity (Wildman–Crippen MR) is 121 cm³/mol. The summed E-state index contributed by atoms with van der Waals surface area (Å²) in [7, 11) is 0. The molecular weight excluding hydrogens is 406 g/mol. The highest BCUT2D eigenvalue weighted by atomic mass is 16.2. The Morgan fingerprint density at radius 1 is 0.969 bits per heavy atom. The van der Waals surface area contributed by atoms with Crippen LogP contribution in [0.25, 0.3) is 0 Å². The molecule has 1 aromatic rings. The summed E-state index contributed by atoms with van der Waals surface area (Å²) in [5, 5.41) is 5.81. The molecule has 0 saturated carbocycles. The minimum Gasteiger partial charge on any atom is -0.369 e. The van der Waals surface area contributed by atoms with Gasteiger partial charge in [-0.3, -0.25) is 24.6 Å². The SMILES string of the molecule is O=C1CC[C@H](N2Cc3cc(N4CCN(CCC5CCNCC5)CC4)ccc3C2=O)C(=O)N1. The summed E-state index contributed by atoms with van der Waals surface area (Å²) < 4.78 is 0. The molecule has 0 radical (unpaired) electrons. The maximum absolute atomic E-state index is 12.9. The van der Waals surface area contributed by atoms with Crippen LogP contribution in [0.2, 0.25) is 0 Å². The van der Waals surface area contributed by atoms with E-state index in [4.69, 9.17) is 0 Å². The lowest BCUT2D eigenvalue weighted by Crippen LogP contribution is -2.52. The van der Waals surface area contributed by atoms with Crippen LogP contribution in [-0.4, -0.2) is 79.4 Å². The number of benzene rings is 1. The summed E-state index contributed by atoms with van der Waals surface area (Å²) in [5.74, 6) is 0.149. The Bertz CT molecular complexity index is 890. The van der Waals surface area contributed by atoms with Crippen LogP contribution in [0.1, 0.15) is 48.0 Å². The van der Waals surface area contributed by atoms with Crippen LogP contribution >= 0.6 is 0 Å². The van der Waals surface area contributed by atoms with E-state index in [0.717, 1.165) is 43.3 Å². The third-order valence-electron chi connectivity index (χ3n) is 7.56. The van der Waals surface area contributed by atoms with Crippen molar-refractivity contribution in [1.82, 2.24) is 20.4 Å². The smallest absolute Gasteiger partial charge is 0.255 e. The monoisotopic (exact) mass is 439 g/mol. The van der Waals surface area contributed by atoms with Gasteiger partial charge in [0.05, 0.1) is 0 Å². The largest absolute Gasteiger partial charge is 0.369 e. The van der Waals surface area contributed by atoms with E-state index in [-0.39, 0.29) is 24.1 Å². The van der Waals surface area contributed by atoms with E-state index < -0.39 is 6.04 Å². The van der Waals surface area contributed by atoms with E-state index in [0.29, 0.717) is 18.5 Å². The molecule has 8 nitrogen and oxygen atoms in total. The summed E-state index contributed by atoms with van der Waals surface area (Å²) in [6.07, 6.45) is 4.60. The number of fused-ring (bicyclic) bond motifs is 1. The number of piperidine rings is 2. The summed E-state index contributed by atoms with van der Waals surface area (Å²) in [6, 6.07) is 5.50. The number of imide groups is 1. The molecule has 3 amide bonds. The van der Waals surface area contributed by atoms with E-state index in [9.17, 15) is 14.4 Å². The molecule has 5 rings (SSSR count). The van der Waals surface area contributed by atoms with Crippen molar-refractivity contribution >= 4 is 23.4 Å². The van der Waals surface area contributed by atoms with Gasteiger partial charge in [0.15, 0.2) is 0 Å². The first-order chi connectivity index (χ1) is 15.6. The third-order valence-corrected chi connectivity index (χ3v) is 7.56. The van der Waals surface area contributed by atoms with Gasteiger partial charge >= 0.3 is 0 Å². The molecule has 0 bridgehead atoms. The number of piperazine rings is 1. The Balaban J connectivity index is 1.17. The van der Waals surface area contributed by atoms with Crippen LogP contribution < -0.4 is 15.5 Å². The second-order valence-electron chi connectivity index (χ2n) is 9.55.